The Morgan fingerprint density at radius 2 is 2.06 bits per heavy atom. The van der Waals surface area contributed by atoms with Crippen molar-refractivity contribution in [3.63, 3.8) is 0 Å². The molecule has 0 bridgehead atoms. The highest BCUT2D eigenvalue weighted by Gasteiger charge is 2.38. The summed E-state index contributed by atoms with van der Waals surface area (Å²) < 4.78 is 1.50. The number of carboxylic acid groups (broad SMARTS) is 1. The lowest BCUT2D eigenvalue weighted by Gasteiger charge is -2.32. The second-order valence-electron chi connectivity index (χ2n) is 4.55. The van der Waals surface area contributed by atoms with Gasteiger partial charge in [0.15, 0.2) is 0 Å². The van der Waals surface area contributed by atoms with Crippen LogP contribution in [0.4, 0.5) is 11.6 Å². The number of likely N-dealkylation sites (N-methyl/N-ethyl adjacent to an activating group) is 1. The van der Waals surface area contributed by atoms with Crippen LogP contribution in [0.3, 0.4) is 0 Å². The summed E-state index contributed by atoms with van der Waals surface area (Å²) in [5, 5.41) is 20.1. The molecule has 18 heavy (non-hydrogen) atoms. The average molecular weight is 256 g/mol. The molecule has 1 aromatic rings. The number of nitrogens with zero attached hydrogens (tertiary/aromatic N) is 4. The number of carboxylic acids is 1. The van der Waals surface area contributed by atoms with Crippen molar-refractivity contribution in [1.29, 1.82) is 0 Å². The number of rotatable bonds is 4. The summed E-state index contributed by atoms with van der Waals surface area (Å²) in [6.07, 6.45) is 0. The van der Waals surface area contributed by atoms with Gasteiger partial charge in [-0.2, -0.15) is 0 Å². The van der Waals surface area contributed by atoms with E-state index in [9.17, 15) is 14.9 Å². The van der Waals surface area contributed by atoms with Gasteiger partial charge in [-0.05, 0) is 23.8 Å². The molecule has 8 heteroatoms. The van der Waals surface area contributed by atoms with Crippen LogP contribution in [0.1, 0.15) is 19.7 Å². The van der Waals surface area contributed by atoms with Crippen molar-refractivity contribution in [2.24, 2.45) is 7.05 Å². The first-order valence-electron chi connectivity index (χ1n) is 5.25. The van der Waals surface area contributed by atoms with Crippen molar-refractivity contribution in [2.75, 3.05) is 11.9 Å². The maximum absolute atomic E-state index is 11.2. The molecular weight excluding hydrogens is 240 g/mol. The van der Waals surface area contributed by atoms with Crippen molar-refractivity contribution in [3.8, 4) is 0 Å². The van der Waals surface area contributed by atoms with Gasteiger partial charge in [0.1, 0.15) is 5.54 Å². The minimum Gasteiger partial charge on any atom is -0.480 e. The topological polar surface area (TPSA) is 102 Å². The molecule has 0 atom stereocenters. The summed E-state index contributed by atoms with van der Waals surface area (Å²) in [6.45, 7) is 4.57. The molecule has 0 aliphatic carbocycles. The van der Waals surface area contributed by atoms with E-state index in [1.54, 1.807) is 14.0 Å². The first kappa shape index (κ1) is 13.9. The Morgan fingerprint density at radius 1 is 1.56 bits per heavy atom. The highest BCUT2D eigenvalue weighted by molar-refractivity contribution is 5.83. The van der Waals surface area contributed by atoms with Gasteiger partial charge in [0.2, 0.25) is 11.6 Å². The lowest BCUT2D eigenvalue weighted by molar-refractivity contribution is -0.388. The number of hydrogen-bond acceptors (Lipinski definition) is 5. The molecule has 0 fully saturated rings. The predicted molar refractivity (Wildman–Crippen MR) is 64.7 cm³/mol. The Labute approximate surface area is 104 Å². The van der Waals surface area contributed by atoms with E-state index in [4.69, 9.17) is 5.11 Å². The number of aromatic nitrogens is 2. The molecule has 0 aliphatic heterocycles. The zero-order chi connectivity index (χ0) is 14.2. The van der Waals surface area contributed by atoms with Gasteiger partial charge in [-0.3, -0.25) is 4.57 Å². The van der Waals surface area contributed by atoms with Crippen LogP contribution in [0.25, 0.3) is 0 Å². The molecule has 1 N–H and O–H groups in total. The lowest BCUT2D eigenvalue weighted by atomic mass is 10.0. The number of carbonyl (C=O) groups is 1. The van der Waals surface area contributed by atoms with E-state index in [1.165, 1.54) is 30.4 Å². The smallest absolute Gasteiger partial charge is 0.406 e. The first-order valence-corrected chi connectivity index (χ1v) is 5.25. The van der Waals surface area contributed by atoms with Gasteiger partial charge in [0, 0.05) is 21.0 Å². The van der Waals surface area contributed by atoms with Crippen molar-refractivity contribution >= 4 is 17.6 Å². The molecule has 100 valence electrons. The third-order valence-electron chi connectivity index (χ3n) is 3.12. The number of anilines is 1. The Morgan fingerprint density at radius 3 is 2.44 bits per heavy atom. The van der Waals surface area contributed by atoms with E-state index < -0.39 is 16.4 Å². The zero-order valence-electron chi connectivity index (χ0n) is 11.0. The van der Waals surface area contributed by atoms with Crippen molar-refractivity contribution < 1.29 is 14.8 Å². The minimum absolute atomic E-state index is 0.171. The SMILES string of the molecule is Cc1nc([N+](=O)[O-])c(N(C)C(C)(C)C(=O)O)n1C. The van der Waals surface area contributed by atoms with Crippen molar-refractivity contribution in [3.05, 3.63) is 15.9 Å². The molecule has 1 rings (SSSR count). The molecule has 0 saturated heterocycles. The molecule has 0 saturated carbocycles. The normalized spacial score (nSPS) is 11.4. The Bertz CT molecular complexity index is 506. The average Bonchev–Trinajstić information content (AvgIpc) is 2.54. The highest BCUT2D eigenvalue weighted by atomic mass is 16.6. The highest BCUT2D eigenvalue weighted by Crippen LogP contribution is 2.31. The van der Waals surface area contributed by atoms with Gasteiger partial charge in [0.05, 0.1) is 0 Å². The summed E-state index contributed by atoms with van der Waals surface area (Å²) >= 11 is 0. The summed E-state index contributed by atoms with van der Waals surface area (Å²) in [5.74, 6) is -0.792. The van der Waals surface area contributed by atoms with Gasteiger partial charge in [-0.1, -0.05) is 0 Å². The van der Waals surface area contributed by atoms with Crippen LogP contribution in [-0.2, 0) is 11.8 Å². The summed E-state index contributed by atoms with van der Waals surface area (Å²) in [7, 11) is 3.11. The standard InChI is InChI=1S/C10H16N4O4/c1-6-11-7(14(17)18)8(12(6)4)13(5)10(2,3)9(15)16/h1-5H3,(H,15,16). The number of aliphatic carboxylic acids is 1. The fraction of sp³-hybridized carbons (Fsp3) is 0.600. The maximum Gasteiger partial charge on any atom is 0.406 e. The lowest BCUT2D eigenvalue weighted by Crippen LogP contribution is -2.49. The van der Waals surface area contributed by atoms with Crippen LogP contribution in [0.15, 0.2) is 0 Å². The van der Waals surface area contributed by atoms with Crippen LogP contribution in [0.2, 0.25) is 0 Å². The van der Waals surface area contributed by atoms with Gasteiger partial charge in [-0.15, -0.1) is 0 Å². The van der Waals surface area contributed by atoms with Crippen LogP contribution in [0, 0.1) is 17.0 Å². The van der Waals surface area contributed by atoms with E-state index >= 15 is 0 Å². The molecule has 0 aromatic carbocycles. The second kappa shape index (κ2) is 4.28. The number of imidazole rings is 1. The molecule has 8 nitrogen and oxygen atoms in total. The quantitative estimate of drug-likeness (QED) is 0.635. The molecule has 1 aromatic heterocycles. The molecule has 0 amide bonds. The van der Waals surface area contributed by atoms with Crippen molar-refractivity contribution in [1.82, 2.24) is 9.55 Å². The second-order valence-corrected chi connectivity index (χ2v) is 4.55. The largest absolute Gasteiger partial charge is 0.480 e. The summed E-state index contributed by atoms with van der Waals surface area (Å²) in [6, 6.07) is 0. The molecule has 0 aliphatic rings. The van der Waals surface area contributed by atoms with E-state index in [0.29, 0.717) is 5.82 Å². The molecule has 0 unspecified atom stereocenters. The third kappa shape index (κ3) is 2.01. The van der Waals surface area contributed by atoms with Crippen molar-refractivity contribution in [2.45, 2.75) is 26.3 Å². The Kier molecular flexibility index (Phi) is 3.32. The molecule has 1 heterocycles. The Balaban J connectivity index is 3.41. The number of aryl methyl sites for hydroxylation is 1. The van der Waals surface area contributed by atoms with Crippen LogP contribution in [0.5, 0.6) is 0 Å². The molecular formula is C10H16N4O4. The molecule has 0 spiro atoms. The van der Waals surface area contributed by atoms with Gasteiger partial charge < -0.3 is 20.1 Å². The predicted octanol–water partition coefficient (Wildman–Crippen LogP) is 0.936. The van der Waals surface area contributed by atoms with Crippen LogP contribution in [-0.4, -0.2) is 38.1 Å². The Hall–Kier alpha value is -2.12. The van der Waals surface area contributed by atoms with E-state index in [0.717, 1.165) is 0 Å². The maximum atomic E-state index is 11.2. The van der Waals surface area contributed by atoms with Gasteiger partial charge >= 0.3 is 11.8 Å². The fourth-order valence-electron chi connectivity index (χ4n) is 1.49. The van der Waals surface area contributed by atoms with Gasteiger partial charge in [0.25, 0.3) is 0 Å². The van der Waals surface area contributed by atoms with E-state index in [2.05, 4.69) is 4.98 Å². The number of nitro groups is 1. The number of hydrogen-bond donors (Lipinski definition) is 1. The first-order chi connectivity index (χ1) is 8.10. The zero-order valence-corrected chi connectivity index (χ0v) is 11.0. The van der Waals surface area contributed by atoms with Crippen LogP contribution < -0.4 is 4.90 Å². The summed E-state index contributed by atoms with van der Waals surface area (Å²) in [4.78, 5) is 26.7. The third-order valence-corrected chi connectivity index (χ3v) is 3.12. The summed E-state index contributed by atoms with van der Waals surface area (Å²) in [5.41, 5.74) is -1.27. The van der Waals surface area contributed by atoms with E-state index in [1.807, 2.05) is 0 Å². The minimum atomic E-state index is -1.27. The van der Waals surface area contributed by atoms with Gasteiger partial charge in [-0.25, -0.2) is 4.79 Å². The van der Waals surface area contributed by atoms with E-state index in [-0.39, 0.29) is 11.6 Å². The van der Waals surface area contributed by atoms with Crippen LogP contribution >= 0.6 is 0 Å². The monoisotopic (exact) mass is 256 g/mol. The fourth-order valence-corrected chi connectivity index (χ4v) is 1.49. The molecule has 0 radical (unpaired) electrons.